The Labute approximate surface area is 120 Å². The summed E-state index contributed by atoms with van der Waals surface area (Å²) in [5.41, 5.74) is 0.924. The van der Waals surface area contributed by atoms with Crippen molar-refractivity contribution in [2.75, 3.05) is 5.32 Å². The fourth-order valence-corrected chi connectivity index (χ4v) is 2.38. The number of anilines is 1. The lowest BCUT2D eigenvalue weighted by Gasteiger charge is -2.12. The van der Waals surface area contributed by atoms with Crippen molar-refractivity contribution in [2.24, 2.45) is 0 Å². The Morgan fingerprint density at radius 3 is 3.00 bits per heavy atom. The third kappa shape index (κ3) is 2.87. The Kier molecular flexibility index (Phi) is 3.57. The van der Waals surface area contributed by atoms with E-state index in [1.54, 1.807) is 24.3 Å². The molecule has 0 saturated carbocycles. The number of carbonyl (C=O) groups is 1. The van der Waals surface area contributed by atoms with E-state index in [0.717, 1.165) is 12.8 Å². The van der Waals surface area contributed by atoms with E-state index in [1.165, 1.54) is 10.9 Å². The molecule has 2 heterocycles. The second-order valence-corrected chi connectivity index (χ2v) is 5.08. The van der Waals surface area contributed by atoms with Crippen LogP contribution in [-0.4, -0.2) is 32.9 Å². The van der Waals surface area contributed by atoms with Crippen LogP contribution in [0.3, 0.4) is 0 Å². The van der Waals surface area contributed by atoms with Gasteiger partial charge in [-0.1, -0.05) is 6.07 Å². The summed E-state index contributed by atoms with van der Waals surface area (Å²) in [4.78, 5) is 23.6. The first-order valence-electron chi connectivity index (χ1n) is 6.82. The van der Waals surface area contributed by atoms with Gasteiger partial charge in [0.1, 0.15) is 12.4 Å². The van der Waals surface area contributed by atoms with Crippen molar-refractivity contribution in [3.63, 3.8) is 0 Å². The highest BCUT2D eigenvalue weighted by Crippen LogP contribution is 2.21. The van der Waals surface area contributed by atoms with E-state index in [9.17, 15) is 9.59 Å². The van der Waals surface area contributed by atoms with E-state index in [2.05, 4.69) is 15.5 Å². The van der Waals surface area contributed by atoms with E-state index < -0.39 is 6.10 Å². The highest BCUT2D eigenvalue weighted by atomic mass is 16.5. The Morgan fingerprint density at radius 1 is 1.48 bits per heavy atom. The molecule has 0 aliphatic carbocycles. The molecule has 3 rings (SSSR count). The van der Waals surface area contributed by atoms with Crippen molar-refractivity contribution in [2.45, 2.75) is 32.0 Å². The first kappa shape index (κ1) is 13.6. The molecule has 7 nitrogen and oxygen atoms in total. The van der Waals surface area contributed by atoms with Crippen molar-refractivity contribution in [1.82, 2.24) is 14.8 Å². The van der Waals surface area contributed by atoms with Gasteiger partial charge in [0.25, 0.3) is 5.91 Å². The molecule has 110 valence electrons. The van der Waals surface area contributed by atoms with Crippen molar-refractivity contribution < 1.29 is 9.53 Å². The number of carbonyl (C=O) groups excluding carboxylic acids is 1. The fourth-order valence-electron chi connectivity index (χ4n) is 2.38. The summed E-state index contributed by atoms with van der Waals surface area (Å²) in [7, 11) is 0. The number of benzene rings is 1. The van der Waals surface area contributed by atoms with Gasteiger partial charge in [0, 0.05) is 5.69 Å². The largest absolute Gasteiger partial charge is 0.365 e. The minimum atomic E-state index is -0.402. The molecule has 1 amide bonds. The maximum atomic E-state index is 12.1. The van der Waals surface area contributed by atoms with Crippen molar-refractivity contribution in [1.29, 1.82) is 0 Å². The Hall–Kier alpha value is -2.41. The summed E-state index contributed by atoms with van der Waals surface area (Å²) in [5.74, 6) is -0.156. The minimum absolute atomic E-state index is 0.122. The van der Waals surface area contributed by atoms with E-state index in [1.807, 2.05) is 6.92 Å². The molecular weight excluding hydrogens is 272 g/mol. The first-order chi connectivity index (χ1) is 10.1. The third-order valence-corrected chi connectivity index (χ3v) is 3.47. The summed E-state index contributed by atoms with van der Waals surface area (Å²) in [6.07, 6.45) is 2.73. The van der Waals surface area contributed by atoms with Crippen LogP contribution in [0.4, 0.5) is 5.69 Å². The summed E-state index contributed by atoms with van der Waals surface area (Å²) in [6, 6.07) is 7.02. The number of hydrogen-bond donors (Lipinski definition) is 2. The summed E-state index contributed by atoms with van der Waals surface area (Å²) in [6.45, 7) is 1.96. The molecule has 1 aromatic heterocycles. The molecule has 2 N–H and O–H groups in total. The smallest absolute Gasteiger partial charge is 0.347 e. The van der Waals surface area contributed by atoms with Crippen LogP contribution >= 0.6 is 0 Å². The SMILES string of the molecule is CC1CCC(C(=O)Nc2cccc(-n3cn[nH]c3=O)c2)O1. The predicted octanol–water partition coefficient (Wildman–Crippen LogP) is 1.07. The highest BCUT2D eigenvalue weighted by molar-refractivity contribution is 5.94. The molecule has 0 radical (unpaired) electrons. The van der Waals surface area contributed by atoms with Crippen molar-refractivity contribution in [3.8, 4) is 5.69 Å². The standard InChI is InChI=1S/C14H16N4O3/c1-9-5-6-12(21-9)13(19)16-10-3-2-4-11(7-10)18-8-15-17-14(18)20/h2-4,7-9,12H,5-6H2,1H3,(H,16,19)(H,17,20). The Morgan fingerprint density at radius 2 is 2.33 bits per heavy atom. The normalized spacial score (nSPS) is 21.4. The van der Waals surface area contributed by atoms with Gasteiger partial charge in [-0.05, 0) is 38.0 Å². The Bertz CT molecular complexity index is 706. The van der Waals surface area contributed by atoms with Crippen LogP contribution in [0.5, 0.6) is 0 Å². The topological polar surface area (TPSA) is 89.0 Å². The maximum absolute atomic E-state index is 12.1. The van der Waals surface area contributed by atoms with E-state index in [0.29, 0.717) is 11.4 Å². The molecule has 2 aromatic rings. The number of amides is 1. The van der Waals surface area contributed by atoms with Gasteiger partial charge in [-0.25, -0.2) is 14.5 Å². The molecule has 1 aliphatic rings. The van der Waals surface area contributed by atoms with Crippen LogP contribution in [0.15, 0.2) is 35.4 Å². The van der Waals surface area contributed by atoms with Crippen LogP contribution < -0.4 is 11.0 Å². The molecule has 21 heavy (non-hydrogen) atoms. The number of rotatable bonds is 3. The van der Waals surface area contributed by atoms with Gasteiger partial charge in [0.05, 0.1) is 11.8 Å². The van der Waals surface area contributed by atoms with E-state index in [4.69, 9.17) is 4.74 Å². The average molecular weight is 288 g/mol. The van der Waals surface area contributed by atoms with Crippen molar-refractivity contribution >= 4 is 11.6 Å². The van der Waals surface area contributed by atoms with Crippen LogP contribution in [0.2, 0.25) is 0 Å². The van der Waals surface area contributed by atoms with Gasteiger partial charge in [0.15, 0.2) is 0 Å². The van der Waals surface area contributed by atoms with Gasteiger partial charge in [-0.2, -0.15) is 5.10 Å². The summed E-state index contributed by atoms with van der Waals surface area (Å²) < 4.78 is 6.90. The third-order valence-electron chi connectivity index (χ3n) is 3.47. The van der Waals surface area contributed by atoms with Gasteiger partial charge in [-0.3, -0.25) is 4.79 Å². The van der Waals surface area contributed by atoms with Gasteiger partial charge in [-0.15, -0.1) is 0 Å². The molecule has 0 bridgehead atoms. The van der Waals surface area contributed by atoms with E-state index in [-0.39, 0.29) is 17.7 Å². The van der Waals surface area contributed by atoms with Gasteiger partial charge >= 0.3 is 5.69 Å². The number of H-pyrrole nitrogens is 1. The quantitative estimate of drug-likeness (QED) is 0.884. The first-order valence-corrected chi connectivity index (χ1v) is 6.82. The zero-order chi connectivity index (χ0) is 14.8. The molecule has 0 spiro atoms. The Balaban J connectivity index is 1.76. The average Bonchev–Trinajstić information content (AvgIpc) is 3.08. The number of aromatic amines is 1. The van der Waals surface area contributed by atoms with E-state index >= 15 is 0 Å². The summed E-state index contributed by atoms with van der Waals surface area (Å²) >= 11 is 0. The monoisotopic (exact) mass is 288 g/mol. The molecule has 1 fully saturated rings. The zero-order valence-electron chi connectivity index (χ0n) is 11.6. The number of nitrogens with one attached hydrogen (secondary N) is 2. The number of aromatic nitrogens is 3. The van der Waals surface area contributed by atoms with Gasteiger partial charge in [0.2, 0.25) is 0 Å². The van der Waals surface area contributed by atoms with Crippen molar-refractivity contribution in [3.05, 3.63) is 41.1 Å². The second-order valence-electron chi connectivity index (χ2n) is 5.08. The van der Waals surface area contributed by atoms with Crippen LogP contribution in [0.25, 0.3) is 5.69 Å². The second kappa shape index (κ2) is 5.53. The molecule has 1 aromatic carbocycles. The molecular formula is C14H16N4O3. The molecule has 2 atom stereocenters. The lowest BCUT2D eigenvalue weighted by atomic mass is 10.2. The predicted molar refractivity (Wildman–Crippen MR) is 76.4 cm³/mol. The highest BCUT2D eigenvalue weighted by Gasteiger charge is 2.28. The van der Waals surface area contributed by atoms with Crippen LogP contribution in [0.1, 0.15) is 19.8 Å². The lowest BCUT2D eigenvalue weighted by Crippen LogP contribution is -2.27. The summed E-state index contributed by atoms with van der Waals surface area (Å²) in [5, 5.41) is 8.82. The molecule has 1 aliphatic heterocycles. The zero-order valence-corrected chi connectivity index (χ0v) is 11.6. The van der Waals surface area contributed by atoms with Gasteiger partial charge < -0.3 is 10.1 Å². The number of ether oxygens (including phenoxy) is 1. The minimum Gasteiger partial charge on any atom is -0.365 e. The van der Waals surface area contributed by atoms with Crippen LogP contribution in [0, 0.1) is 0 Å². The van der Waals surface area contributed by atoms with Crippen LogP contribution in [-0.2, 0) is 9.53 Å². The molecule has 1 saturated heterocycles. The molecule has 7 heteroatoms. The lowest BCUT2D eigenvalue weighted by molar-refractivity contribution is -0.126. The number of nitrogens with zero attached hydrogens (tertiary/aromatic N) is 2. The number of hydrogen-bond acceptors (Lipinski definition) is 4. The fraction of sp³-hybridized carbons (Fsp3) is 0.357. The molecule has 2 unspecified atom stereocenters. The maximum Gasteiger partial charge on any atom is 0.347 e.